The van der Waals surface area contributed by atoms with Gasteiger partial charge in [-0.25, -0.2) is 22.4 Å². The van der Waals surface area contributed by atoms with Crippen molar-refractivity contribution in [2.45, 2.75) is 6.92 Å². The summed E-state index contributed by atoms with van der Waals surface area (Å²) in [5.41, 5.74) is -2.90. The third-order valence-corrected chi connectivity index (χ3v) is 3.81. The molecule has 5 nitrogen and oxygen atoms in total. The summed E-state index contributed by atoms with van der Waals surface area (Å²) in [6.07, 6.45) is 0.776. The standard InChI is InChI=1S/C18H11F4NO4/c1-2-27-18(26)10-7-23(13-4-3-8(24)5-11(13)19)16-9(17(10)25)6-12(20)14(21)15(16)22/h3-7,24H,2H2,1H3. The number of carbonyl (C=O) groups excluding carboxylic acids is 1. The van der Waals surface area contributed by atoms with Crippen LogP contribution in [0.2, 0.25) is 0 Å². The lowest BCUT2D eigenvalue weighted by atomic mass is 10.1. The van der Waals surface area contributed by atoms with E-state index in [1.807, 2.05) is 0 Å². The van der Waals surface area contributed by atoms with Crippen molar-refractivity contribution in [1.82, 2.24) is 4.57 Å². The number of esters is 1. The molecule has 0 aliphatic heterocycles. The van der Waals surface area contributed by atoms with E-state index in [2.05, 4.69) is 0 Å². The Balaban J connectivity index is 2.50. The molecule has 0 fully saturated rings. The molecule has 1 heterocycles. The molecule has 1 N–H and O–H groups in total. The third-order valence-electron chi connectivity index (χ3n) is 3.81. The predicted molar refractivity (Wildman–Crippen MR) is 87.0 cm³/mol. The molecule has 0 spiro atoms. The van der Waals surface area contributed by atoms with Crippen molar-refractivity contribution in [3.05, 3.63) is 69.5 Å². The minimum Gasteiger partial charge on any atom is -0.508 e. The molecule has 2 aromatic carbocycles. The summed E-state index contributed by atoms with van der Waals surface area (Å²) in [6.45, 7) is 1.39. The van der Waals surface area contributed by atoms with E-state index >= 15 is 0 Å². The number of hydrogen-bond acceptors (Lipinski definition) is 4. The van der Waals surface area contributed by atoms with Crippen LogP contribution in [0.3, 0.4) is 0 Å². The molecule has 140 valence electrons. The first-order valence-electron chi connectivity index (χ1n) is 7.65. The number of fused-ring (bicyclic) bond motifs is 1. The number of phenols is 1. The molecule has 27 heavy (non-hydrogen) atoms. The summed E-state index contributed by atoms with van der Waals surface area (Å²) in [5.74, 6) is -7.83. The van der Waals surface area contributed by atoms with Crippen LogP contribution < -0.4 is 5.43 Å². The van der Waals surface area contributed by atoms with Crippen LogP contribution in [0.1, 0.15) is 17.3 Å². The van der Waals surface area contributed by atoms with Gasteiger partial charge in [0.25, 0.3) is 0 Å². The van der Waals surface area contributed by atoms with Gasteiger partial charge in [-0.2, -0.15) is 0 Å². The van der Waals surface area contributed by atoms with Crippen LogP contribution >= 0.6 is 0 Å². The van der Waals surface area contributed by atoms with Gasteiger partial charge in [-0.05, 0) is 25.1 Å². The van der Waals surface area contributed by atoms with Crippen LogP contribution in [0.5, 0.6) is 5.75 Å². The Bertz CT molecular complexity index is 1140. The van der Waals surface area contributed by atoms with Gasteiger partial charge >= 0.3 is 5.97 Å². The Labute approximate surface area is 149 Å². The van der Waals surface area contributed by atoms with Gasteiger partial charge in [-0.3, -0.25) is 4.79 Å². The lowest BCUT2D eigenvalue weighted by Crippen LogP contribution is -2.22. The smallest absolute Gasteiger partial charge is 0.343 e. The highest BCUT2D eigenvalue weighted by Gasteiger charge is 2.24. The first-order valence-corrected chi connectivity index (χ1v) is 7.65. The molecule has 1 aromatic heterocycles. The normalized spacial score (nSPS) is 11.0. The quantitative estimate of drug-likeness (QED) is 0.429. The maximum Gasteiger partial charge on any atom is 0.343 e. The lowest BCUT2D eigenvalue weighted by Gasteiger charge is -2.15. The first kappa shape index (κ1) is 18.4. The number of nitrogens with zero attached hydrogens (tertiary/aromatic N) is 1. The molecule has 0 amide bonds. The Morgan fingerprint density at radius 1 is 1.11 bits per heavy atom. The summed E-state index contributed by atoms with van der Waals surface area (Å²) < 4.78 is 61.5. The lowest BCUT2D eigenvalue weighted by molar-refractivity contribution is 0.0524. The van der Waals surface area contributed by atoms with Crippen LogP contribution in [0.25, 0.3) is 16.6 Å². The number of pyridine rings is 1. The van der Waals surface area contributed by atoms with E-state index in [-0.39, 0.29) is 6.61 Å². The van der Waals surface area contributed by atoms with Gasteiger partial charge in [0.15, 0.2) is 23.3 Å². The van der Waals surface area contributed by atoms with Gasteiger partial charge in [0, 0.05) is 12.3 Å². The summed E-state index contributed by atoms with van der Waals surface area (Å²) in [4.78, 5) is 24.5. The summed E-state index contributed by atoms with van der Waals surface area (Å²) in [6, 6.07) is 3.20. The second-order valence-corrected chi connectivity index (χ2v) is 5.48. The fourth-order valence-electron chi connectivity index (χ4n) is 2.63. The number of hydrogen-bond donors (Lipinski definition) is 1. The zero-order valence-corrected chi connectivity index (χ0v) is 13.7. The van der Waals surface area contributed by atoms with Gasteiger partial charge in [-0.1, -0.05) is 0 Å². The van der Waals surface area contributed by atoms with Gasteiger partial charge in [0.05, 0.1) is 23.2 Å². The maximum atomic E-state index is 14.4. The number of aromatic nitrogens is 1. The van der Waals surface area contributed by atoms with Crippen LogP contribution in [0, 0.1) is 23.3 Å². The van der Waals surface area contributed by atoms with E-state index in [1.165, 1.54) is 6.92 Å². The Morgan fingerprint density at radius 3 is 2.44 bits per heavy atom. The maximum absolute atomic E-state index is 14.4. The van der Waals surface area contributed by atoms with Crippen molar-refractivity contribution in [1.29, 1.82) is 0 Å². The molecule has 9 heteroatoms. The average molecular weight is 381 g/mol. The van der Waals surface area contributed by atoms with Crippen molar-refractivity contribution in [2.75, 3.05) is 6.61 Å². The molecule has 0 radical (unpaired) electrons. The Kier molecular flexibility index (Phi) is 4.61. The molecule has 3 aromatic rings. The summed E-state index contributed by atoms with van der Waals surface area (Å²) in [5, 5.41) is 8.66. The highest BCUT2D eigenvalue weighted by molar-refractivity contribution is 5.94. The summed E-state index contributed by atoms with van der Waals surface area (Å²) in [7, 11) is 0. The van der Waals surface area contributed by atoms with Crippen molar-refractivity contribution in [3.63, 3.8) is 0 Å². The molecule has 0 saturated carbocycles. The largest absolute Gasteiger partial charge is 0.508 e. The van der Waals surface area contributed by atoms with E-state index in [4.69, 9.17) is 4.74 Å². The minimum atomic E-state index is -1.86. The molecule has 0 saturated heterocycles. The highest BCUT2D eigenvalue weighted by atomic mass is 19.2. The molecular formula is C18H11F4NO4. The molecule has 0 bridgehead atoms. The predicted octanol–water partition coefficient (Wildman–Crippen LogP) is 3.43. The first-order chi connectivity index (χ1) is 12.8. The molecule has 0 atom stereocenters. The minimum absolute atomic E-state index is 0.0873. The molecule has 0 unspecified atom stereocenters. The average Bonchev–Trinajstić information content (AvgIpc) is 2.61. The van der Waals surface area contributed by atoms with Crippen LogP contribution in [0.4, 0.5) is 17.6 Å². The van der Waals surface area contributed by atoms with E-state index in [0.717, 1.165) is 18.3 Å². The monoisotopic (exact) mass is 381 g/mol. The zero-order chi connectivity index (χ0) is 19.9. The number of benzene rings is 2. The van der Waals surface area contributed by atoms with Crippen LogP contribution in [-0.4, -0.2) is 22.2 Å². The van der Waals surface area contributed by atoms with Crippen LogP contribution in [-0.2, 0) is 4.74 Å². The van der Waals surface area contributed by atoms with Gasteiger partial charge in [0.2, 0.25) is 5.43 Å². The molecule has 3 rings (SSSR count). The Morgan fingerprint density at radius 2 is 1.81 bits per heavy atom. The fourth-order valence-corrected chi connectivity index (χ4v) is 2.63. The van der Waals surface area contributed by atoms with Gasteiger partial charge < -0.3 is 14.4 Å². The second kappa shape index (κ2) is 6.75. The number of ether oxygens (including phenoxy) is 1. The second-order valence-electron chi connectivity index (χ2n) is 5.48. The number of carbonyl (C=O) groups is 1. The number of rotatable bonds is 3. The number of halogens is 4. The van der Waals surface area contributed by atoms with Crippen LogP contribution in [0.15, 0.2) is 35.3 Å². The van der Waals surface area contributed by atoms with E-state index in [9.17, 15) is 32.3 Å². The summed E-state index contributed by atoms with van der Waals surface area (Å²) >= 11 is 0. The molecule has 0 aliphatic rings. The topological polar surface area (TPSA) is 68.5 Å². The van der Waals surface area contributed by atoms with E-state index in [1.54, 1.807) is 0 Å². The number of phenolic OH excluding ortho intramolecular Hbond substituents is 1. The van der Waals surface area contributed by atoms with Crippen molar-refractivity contribution >= 4 is 16.9 Å². The van der Waals surface area contributed by atoms with Gasteiger partial charge in [-0.15, -0.1) is 0 Å². The SMILES string of the molecule is CCOC(=O)c1cn(-c2ccc(O)cc2F)c2c(F)c(F)c(F)cc2c1=O. The molecular weight excluding hydrogens is 370 g/mol. The van der Waals surface area contributed by atoms with E-state index < -0.39 is 62.6 Å². The Hall–Kier alpha value is -3.36. The third kappa shape index (κ3) is 3.01. The number of aromatic hydroxyl groups is 1. The molecule has 0 aliphatic carbocycles. The van der Waals surface area contributed by atoms with Crippen molar-refractivity contribution in [3.8, 4) is 11.4 Å². The van der Waals surface area contributed by atoms with Gasteiger partial charge in [0.1, 0.15) is 11.3 Å². The van der Waals surface area contributed by atoms with E-state index in [0.29, 0.717) is 16.7 Å². The highest BCUT2D eigenvalue weighted by Crippen LogP contribution is 2.27. The van der Waals surface area contributed by atoms with Crippen molar-refractivity contribution < 1.29 is 32.2 Å². The fraction of sp³-hybridized carbons (Fsp3) is 0.111. The zero-order valence-electron chi connectivity index (χ0n) is 13.7. The van der Waals surface area contributed by atoms with Crippen molar-refractivity contribution in [2.24, 2.45) is 0 Å².